The molecule has 0 amide bonds. The van der Waals surface area contributed by atoms with Gasteiger partial charge in [-0.3, -0.25) is 0 Å². The van der Waals surface area contributed by atoms with Crippen LogP contribution in [0.1, 0.15) is 68.8 Å². The molecule has 2 nitrogen and oxygen atoms in total. The minimum absolute atomic E-state index is 0.373. The van der Waals surface area contributed by atoms with Gasteiger partial charge >= 0.3 is 0 Å². The topological polar surface area (TPSA) is 7.76 Å². The van der Waals surface area contributed by atoms with Crippen molar-refractivity contribution in [1.29, 1.82) is 0 Å². The summed E-state index contributed by atoms with van der Waals surface area (Å²) in [5.74, 6) is 0.820. The van der Waals surface area contributed by atoms with Gasteiger partial charge in [-0.15, -0.1) is 0 Å². The van der Waals surface area contributed by atoms with Crippen LogP contribution in [0.15, 0.2) is 97.3 Å². The lowest BCUT2D eigenvalue weighted by Gasteiger charge is -2.31. The number of pyridine rings is 2. The van der Waals surface area contributed by atoms with Gasteiger partial charge in [0.05, 0.1) is 11.5 Å². The minimum atomic E-state index is 0.373. The molecule has 5 aromatic rings. The Morgan fingerprint density at radius 2 is 1.45 bits per heavy atom. The molecular formula is C38H36N2+2. The molecule has 2 aromatic heterocycles. The first kappa shape index (κ1) is 23.8. The smallest absolute Gasteiger partial charge is 0.191 e. The Morgan fingerprint density at radius 1 is 0.725 bits per heavy atom. The first-order valence-corrected chi connectivity index (χ1v) is 14.9. The number of hydrogen-bond donors (Lipinski definition) is 0. The highest BCUT2D eigenvalue weighted by Crippen LogP contribution is 2.51. The van der Waals surface area contributed by atoms with E-state index in [0.29, 0.717) is 17.9 Å². The van der Waals surface area contributed by atoms with Crippen molar-refractivity contribution in [3.8, 4) is 22.5 Å². The molecule has 0 saturated carbocycles. The van der Waals surface area contributed by atoms with E-state index in [9.17, 15) is 0 Å². The zero-order chi connectivity index (χ0) is 27.0. The molecular weight excluding hydrogens is 484 g/mol. The fourth-order valence-electron chi connectivity index (χ4n) is 8.41. The zero-order valence-electron chi connectivity index (χ0n) is 23.7. The maximum atomic E-state index is 2.58. The number of aromatic nitrogens is 2. The van der Waals surface area contributed by atoms with Gasteiger partial charge in [0.1, 0.15) is 0 Å². The molecule has 3 aliphatic rings. The summed E-state index contributed by atoms with van der Waals surface area (Å²) in [5, 5.41) is 0. The molecule has 196 valence electrons. The summed E-state index contributed by atoms with van der Waals surface area (Å²) in [6, 6.07) is 32.8. The van der Waals surface area contributed by atoms with E-state index in [0.717, 1.165) is 25.8 Å². The van der Waals surface area contributed by atoms with E-state index in [1.54, 1.807) is 16.7 Å². The van der Waals surface area contributed by atoms with Gasteiger partial charge in [-0.1, -0.05) is 42.0 Å². The van der Waals surface area contributed by atoms with Gasteiger partial charge in [-0.25, -0.2) is 0 Å². The van der Waals surface area contributed by atoms with Crippen molar-refractivity contribution in [3.63, 3.8) is 0 Å². The lowest BCUT2D eigenvalue weighted by Crippen LogP contribution is -2.55. The predicted octanol–water partition coefficient (Wildman–Crippen LogP) is 7.49. The van der Waals surface area contributed by atoms with Crippen LogP contribution < -0.4 is 9.13 Å². The van der Waals surface area contributed by atoms with Gasteiger partial charge in [0.15, 0.2) is 12.4 Å². The number of benzene rings is 3. The van der Waals surface area contributed by atoms with E-state index in [1.807, 2.05) is 0 Å². The van der Waals surface area contributed by atoms with E-state index >= 15 is 0 Å². The van der Waals surface area contributed by atoms with E-state index in [4.69, 9.17) is 0 Å². The van der Waals surface area contributed by atoms with Crippen molar-refractivity contribution in [1.82, 2.24) is 0 Å². The quantitative estimate of drug-likeness (QED) is 0.218. The molecule has 2 bridgehead atoms. The molecule has 0 saturated heterocycles. The lowest BCUT2D eigenvalue weighted by atomic mass is 9.76. The summed E-state index contributed by atoms with van der Waals surface area (Å²) in [6.45, 7) is 7.79. The molecule has 4 heterocycles. The third-order valence-electron chi connectivity index (χ3n) is 10.0. The van der Waals surface area contributed by atoms with Gasteiger partial charge < -0.3 is 0 Å². The highest BCUT2D eigenvalue weighted by molar-refractivity contribution is 5.71. The number of aryl methyl sites for hydroxylation is 3. The highest BCUT2D eigenvalue weighted by atomic mass is 15.1. The lowest BCUT2D eigenvalue weighted by molar-refractivity contribution is -0.792. The summed E-state index contributed by atoms with van der Waals surface area (Å²) in [6.07, 6.45) is 7.92. The fourth-order valence-corrected chi connectivity index (χ4v) is 8.41. The van der Waals surface area contributed by atoms with Crippen LogP contribution in [0.4, 0.5) is 0 Å². The minimum Gasteiger partial charge on any atom is -0.191 e. The Hall–Kier alpha value is -4.04. The second-order valence-electron chi connectivity index (χ2n) is 12.3. The number of nitrogens with zero attached hydrogens (tertiary/aromatic N) is 2. The second-order valence-corrected chi connectivity index (χ2v) is 12.3. The van der Waals surface area contributed by atoms with Crippen LogP contribution in [0.25, 0.3) is 22.5 Å². The molecule has 3 unspecified atom stereocenters. The SMILES string of the molecule is Cc1cc(C)c(CCC2c3cccc4c3CC3c5c(cccc52)-c2cccc[n+]2C3C[n+]2ccccc2-4)c(C)c1. The monoisotopic (exact) mass is 520 g/mol. The van der Waals surface area contributed by atoms with Crippen molar-refractivity contribution in [2.75, 3.05) is 0 Å². The summed E-state index contributed by atoms with van der Waals surface area (Å²) < 4.78 is 5.09. The number of rotatable bonds is 3. The molecule has 0 radical (unpaired) electrons. The zero-order valence-corrected chi connectivity index (χ0v) is 23.7. The van der Waals surface area contributed by atoms with E-state index < -0.39 is 0 Å². The largest absolute Gasteiger partial charge is 0.224 e. The van der Waals surface area contributed by atoms with Gasteiger partial charge in [-0.2, -0.15) is 9.13 Å². The molecule has 0 fully saturated rings. The maximum Gasteiger partial charge on any atom is 0.224 e. The Balaban J connectivity index is 1.39. The molecule has 3 aromatic carbocycles. The van der Waals surface area contributed by atoms with Gasteiger partial charge in [0.25, 0.3) is 0 Å². The third kappa shape index (κ3) is 3.48. The van der Waals surface area contributed by atoms with Crippen molar-refractivity contribution in [2.45, 2.75) is 64.5 Å². The first-order valence-electron chi connectivity index (χ1n) is 14.9. The fraction of sp³-hybridized carbons (Fsp3) is 0.263. The normalized spacial score (nSPS) is 19.6. The molecule has 0 spiro atoms. The average Bonchev–Trinajstić information content (AvgIpc) is 3.09. The van der Waals surface area contributed by atoms with Crippen LogP contribution in [0, 0.1) is 20.8 Å². The molecule has 3 atom stereocenters. The predicted molar refractivity (Wildman–Crippen MR) is 160 cm³/mol. The van der Waals surface area contributed by atoms with Crippen molar-refractivity contribution < 1.29 is 9.13 Å². The van der Waals surface area contributed by atoms with E-state index in [-0.39, 0.29) is 0 Å². The Morgan fingerprint density at radius 3 is 2.27 bits per heavy atom. The molecule has 0 N–H and O–H groups in total. The van der Waals surface area contributed by atoms with E-state index in [1.165, 1.54) is 50.3 Å². The van der Waals surface area contributed by atoms with Crippen LogP contribution in [0.2, 0.25) is 0 Å². The number of fused-ring (bicyclic) bond motifs is 5. The standard InChI is InChI=1S/C38H36N2/c1-24-20-25(2)27(26(3)21-24)16-17-29-28-10-8-11-30-33(28)22-34-37(23-39-18-6-4-14-35(30)39)40-19-7-5-15-36(40)32-13-9-12-31(29)38(32)34/h4-15,18-21,29,34,37H,16-17,22-23H2,1-3H3/q+2. The molecule has 8 rings (SSSR count). The average molecular weight is 521 g/mol. The molecule has 2 heteroatoms. The summed E-state index contributed by atoms with van der Waals surface area (Å²) in [4.78, 5) is 0. The van der Waals surface area contributed by atoms with Crippen molar-refractivity contribution >= 4 is 0 Å². The van der Waals surface area contributed by atoms with Crippen molar-refractivity contribution in [3.05, 3.63) is 142 Å². The van der Waals surface area contributed by atoms with Gasteiger partial charge in [0.2, 0.25) is 24.0 Å². The Kier molecular flexibility index (Phi) is 5.35. The van der Waals surface area contributed by atoms with Crippen LogP contribution >= 0.6 is 0 Å². The van der Waals surface area contributed by atoms with Crippen LogP contribution in [0.3, 0.4) is 0 Å². The highest BCUT2D eigenvalue weighted by Gasteiger charge is 2.48. The number of hydrogen-bond acceptors (Lipinski definition) is 0. The second kappa shape index (κ2) is 8.99. The summed E-state index contributed by atoms with van der Waals surface area (Å²) in [5.41, 5.74) is 17.5. The van der Waals surface area contributed by atoms with Gasteiger partial charge in [-0.05, 0) is 103 Å². The Bertz CT molecular complexity index is 1770. The molecule has 2 aliphatic heterocycles. The first-order chi connectivity index (χ1) is 19.6. The molecule has 40 heavy (non-hydrogen) atoms. The summed E-state index contributed by atoms with van der Waals surface area (Å²) >= 11 is 0. The van der Waals surface area contributed by atoms with Crippen LogP contribution in [0.5, 0.6) is 0 Å². The van der Waals surface area contributed by atoms with E-state index in [2.05, 4.69) is 127 Å². The molecule has 1 aliphatic carbocycles. The maximum absolute atomic E-state index is 2.58. The summed E-state index contributed by atoms with van der Waals surface area (Å²) in [7, 11) is 0. The Labute approximate surface area is 237 Å². The van der Waals surface area contributed by atoms with Crippen LogP contribution in [-0.2, 0) is 19.4 Å². The van der Waals surface area contributed by atoms with Gasteiger partial charge in [0, 0.05) is 35.7 Å². The third-order valence-corrected chi connectivity index (χ3v) is 10.0. The van der Waals surface area contributed by atoms with Crippen molar-refractivity contribution in [2.24, 2.45) is 0 Å². The van der Waals surface area contributed by atoms with Crippen LogP contribution in [-0.4, -0.2) is 0 Å².